The highest BCUT2D eigenvalue weighted by atomic mass is 32.1. The summed E-state index contributed by atoms with van der Waals surface area (Å²) in [6.07, 6.45) is 3.97. The number of thiocarbonyl (C=S) groups is 1. The highest BCUT2D eigenvalue weighted by Gasteiger charge is 2.42. The Bertz CT molecular complexity index is 1260. The van der Waals surface area contributed by atoms with Crippen LogP contribution in [-0.4, -0.2) is 14.7 Å². The Morgan fingerprint density at radius 2 is 1.62 bits per heavy atom. The summed E-state index contributed by atoms with van der Waals surface area (Å²) in [7, 11) is 0. The van der Waals surface area contributed by atoms with Crippen LogP contribution in [0.1, 0.15) is 40.2 Å². The van der Waals surface area contributed by atoms with E-state index in [1.54, 1.807) is 0 Å². The first-order chi connectivity index (χ1) is 15.5. The molecule has 2 unspecified atom stereocenters. The summed E-state index contributed by atoms with van der Waals surface area (Å²) in [4.78, 5) is 6.89. The second-order valence-electron chi connectivity index (χ2n) is 8.40. The fourth-order valence-corrected chi connectivity index (χ4v) is 4.73. The van der Waals surface area contributed by atoms with Crippen LogP contribution in [0.2, 0.25) is 0 Å². The van der Waals surface area contributed by atoms with Crippen molar-refractivity contribution in [3.8, 4) is 5.69 Å². The largest absolute Gasteiger partial charge is 0.351 e. The minimum atomic E-state index is -0.0646. The first-order valence-electron chi connectivity index (χ1n) is 10.8. The lowest BCUT2D eigenvalue weighted by Crippen LogP contribution is -2.30. The number of anilines is 1. The molecule has 4 aromatic rings. The lowest BCUT2D eigenvalue weighted by atomic mass is 10.0. The molecule has 0 radical (unpaired) electrons. The number of aryl methyl sites for hydroxylation is 3. The maximum Gasteiger partial charge on any atom is 0.174 e. The van der Waals surface area contributed by atoms with Gasteiger partial charge < -0.3 is 14.8 Å². The van der Waals surface area contributed by atoms with Crippen molar-refractivity contribution in [3.63, 3.8) is 0 Å². The van der Waals surface area contributed by atoms with Crippen LogP contribution in [-0.2, 0) is 0 Å². The zero-order chi connectivity index (χ0) is 22.2. The highest BCUT2D eigenvalue weighted by Crippen LogP contribution is 2.42. The lowest BCUT2D eigenvalue weighted by molar-refractivity contribution is 0.549. The molecule has 5 heteroatoms. The topological polar surface area (TPSA) is 33.1 Å². The number of aromatic nitrogens is 2. The highest BCUT2D eigenvalue weighted by molar-refractivity contribution is 7.80. The molecule has 1 aliphatic rings. The molecule has 0 saturated carbocycles. The Labute approximate surface area is 194 Å². The summed E-state index contributed by atoms with van der Waals surface area (Å²) >= 11 is 5.86. The van der Waals surface area contributed by atoms with E-state index in [1.165, 1.54) is 16.7 Å². The van der Waals surface area contributed by atoms with Gasteiger partial charge in [0.2, 0.25) is 0 Å². The van der Waals surface area contributed by atoms with E-state index in [9.17, 15) is 0 Å². The van der Waals surface area contributed by atoms with Crippen LogP contribution in [0.4, 0.5) is 5.69 Å². The van der Waals surface area contributed by atoms with Gasteiger partial charge in [0.15, 0.2) is 5.11 Å². The second-order valence-corrected chi connectivity index (χ2v) is 8.79. The van der Waals surface area contributed by atoms with E-state index < -0.39 is 0 Å². The molecule has 0 bridgehead atoms. The number of rotatable bonds is 4. The maximum absolute atomic E-state index is 5.86. The summed E-state index contributed by atoms with van der Waals surface area (Å²) in [5.41, 5.74) is 8.15. The van der Waals surface area contributed by atoms with E-state index in [2.05, 4.69) is 107 Å². The first-order valence-corrected chi connectivity index (χ1v) is 11.3. The van der Waals surface area contributed by atoms with E-state index in [-0.39, 0.29) is 12.1 Å². The number of nitrogens with one attached hydrogen (secondary N) is 1. The molecule has 1 aliphatic heterocycles. The zero-order valence-corrected chi connectivity index (χ0v) is 19.3. The molecule has 1 saturated heterocycles. The van der Waals surface area contributed by atoms with Gasteiger partial charge in [-0.1, -0.05) is 29.8 Å². The van der Waals surface area contributed by atoms with Crippen LogP contribution >= 0.6 is 12.2 Å². The van der Waals surface area contributed by atoms with Gasteiger partial charge in [-0.15, -0.1) is 0 Å². The van der Waals surface area contributed by atoms with Crippen molar-refractivity contribution in [1.82, 2.24) is 14.9 Å². The van der Waals surface area contributed by atoms with Gasteiger partial charge in [0, 0.05) is 29.5 Å². The van der Waals surface area contributed by atoms with Gasteiger partial charge in [-0.2, -0.15) is 0 Å². The van der Waals surface area contributed by atoms with Crippen molar-refractivity contribution in [1.29, 1.82) is 0 Å². The molecule has 3 heterocycles. The SMILES string of the molecule is Cc1ccc(N2C(=S)NC(c3ccccn3)C2c2cccn2-c2ccc(C)c(C)c2)cc1. The molecule has 0 amide bonds. The molecule has 32 heavy (non-hydrogen) atoms. The van der Waals surface area contributed by atoms with Gasteiger partial charge in [-0.25, -0.2) is 0 Å². The Morgan fingerprint density at radius 1 is 0.844 bits per heavy atom. The Hall–Kier alpha value is -3.44. The third-order valence-corrected chi connectivity index (χ3v) is 6.58. The lowest BCUT2D eigenvalue weighted by Gasteiger charge is -2.29. The van der Waals surface area contributed by atoms with E-state index in [1.807, 2.05) is 18.3 Å². The van der Waals surface area contributed by atoms with Crippen molar-refractivity contribution >= 4 is 23.0 Å². The maximum atomic E-state index is 5.86. The average Bonchev–Trinajstić information content (AvgIpc) is 3.41. The third kappa shape index (κ3) is 3.59. The Morgan fingerprint density at radius 3 is 2.34 bits per heavy atom. The summed E-state index contributed by atoms with van der Waals surface area (Å²) in [6.45, 7) is 6.40. The van der Waals surface area contributed by atoms with Gasteiger partial charge >= 0.3 is 0 Å². The quantitative estimate of drug-likeness (QED) is 0.398. The third-order valence-electron chi connectivity index (χ3n) is 6.26. The molecule has 0 spiro atoms. The average molecular weight is 439 g/mol. The molecule has 2 atom stereocenters. The van der Waals surface area contributed by atoms with Crippen molar-refractivity contribution in [2.75, 3.05) is 4.90 Å². The van der Waals surface area contributed by atoms with Crippen LogP contribution < -0.4 is 10.2 Å². The van der Waals surface area contributed by atoms with Crippen LogP contribution in [0.15, 0.2) is 85.2 Å². The molecule has 1 N–H and O–H groups in total. The molecular weight excluding hydrogens is 412 g/mol. The van der Waals surface area contributed by atoms with E-state index in [4.69, 9.17) is 12.2 Å². The summed E-state index contributed by atoms with van der Waals surface area (Å²) in [5, 5.41) is 4.26. The zero-order valence-electron chi connectivity index (χ0n) is 18.5. The van der Waals surface area contributed by atoms with Gasteiger partial charge in [-0.3, -0.25) is 4.98 Å². The number of hydrogen-bond donors (Lipinski definition) is 1. The van der Waals surface area contributed by atoms with E-state index in [0.29, 0.717) is 5.11 Å². The normalized spacial score (nSPS) is 18.1. The van der Waals surface area contributed by atoms with Crippen LogP contribution in [0.5, 0.6) is 0 Å². The molecule has 2 aromatic heterocycles. The summed E-state index contributed by atoms with van der Waals surface area (Å²) < 4.78 is 2.27. The Balaban J connectivity index is 1.67. The van der Waals surface area contributed by atoms with Crippen molar-refractivity contribution in [2.24, 2.45) is 0 Å². The molecule has 4 nitrogen and oxygen atoms in total. The second kappa shape index (κ2) is 8.24. The van der Waals surface area contributed by atoms with Crippen LogP contribution in [0.3, 0.4) is 0 Å². The number of pyridine rings is 1. The summed E-state index contributed by atoms with van der Waals surface area (Å²) in [6, 6.07) is 25.4. The van der Waals surface area contributed by atoms with E-state index in [0.717, 1.165) is 22.8 Å². The van der Waals surface area contributed by atoms with Gasteiger partial charge in [-0.05, 0) is 92.6 Å². The monoisotopic (exact) mass is 438 g/mol. The van der Waals surface area contributed by atoms with Gasteiger partial charge in [0.05, 0.1) is 11.7 Å². The van der Waals surface area contributed by atoms with Crippen LogP contribution in [0, 0.1) is 20.8 Å². The van der Waals surface area contributed by atoms with Crippen LogP contribution in [0.25, 0.3) is 5.69 Å². The molecular formula is C27H26N4S. The molecule has 1 fully saturated rings. The minimum Gasteiger partial charge on any atom is -0.351 e. The Kier molecular flexibility index (Phi) is 5.27. The fourth-order valence-electron chi connectivity index (χ4n) is 4.38. The molecule has 5 rings (SSSR count). The summed E-state index contributed by atoms with van der Waals surface area (Å²) in [5.74, 6) is 0. The smallest absolute Gasteiger partial charge is 0.174 e. The molecule has 0 aliphatic carbocycles. The van der Waals surface area contributed by atoms with Gasteiger partial charge in [0.1, 0.15) is 6.04 Å². The number of nitrogens with zero attached hydrogens (tertiary/aromatic N) is 3. The predicted octanol–water partition coefficient (Wildman–Crippen LogP) is 5.97. The van der Waals surface area contributed by atoms with E-state index >= 15 is 0 Å². The standard InChI is InChI=1S/C27H26N4S/c1-18-9-12-21(13-10-18)31-26(25(29-27(31)32)23-7-4-5-15-28-23)24-8-6-16-30(24)22-14-11-19(2)20(3)17-22/h4-17,25-26H,1-3H3,(H,29,32). The minimum absolute atomic E-state index is 0.0447. The van der Waals surface area contributed by atoms with Crippen molar-refractivity contribution in [2.45, 2.75) is 32.9 Å². The molecule has 2 aromatic carbocycles. The van der Waals surface area contributed by atoms with Gasteiger partial charge in [0.25, 0.3) is 0 Å². The van der Waals surface area contributed by atoms with Crippen molar-refractivity contribution in [3.05, 3.63) is 113 Å². The number of benzene rings is 2. The van der Waals surface area contributed by atoms with Crippen molar-refractivity contribution < 1.29 is 0 Å². The first kappa shape index (κ1) is 20.5. The molecule has 160 valence electrons. The predicted molar refractivity (Wildman–Crippen MR) is 134 cm³/mol. The fraction of sp³-hybridized carbons (Fsp3) is 0.185. The number of hydrogen-bond acceptors (Lipinski definition) is 2.